The Balaban J connectivity index is 1.50. The summed E-state index contributed by atoms with van der Waals surface area (Å²) in [6.45, 7) is 7.71. The van der Waals surface area contributed by atoms with Gasteiger partial charge in [-0.15, -0.1) is 17.7 Å². The van der Waals surface area contributed by atoms with Crippen LogP contribution < -0.4 is 15.4 Å². The number of aliphatic hydroxyl groups is 2. The van der Waals surface area contributed by atoms with Crippen molar-refractivity contribution in [3.63, 3.8) is 0 Å². The van der Waals surface area contributed by atoms with E-state index in [9.17, 15) is 19.8 Å². The zero-order valence-electron chi connectivity index (χ0n) is 41.0. The summed E-state index contributed by atoms with van der Waals surface area (Å²) in [7, 11) is 0.654. The highest BCUT2D eigenvalue weighted by molar-refractivity contribution is 8.56. The van der Waals surface area contributed by atoms with Gasteiger partial charge in [-0.3, -0.25) is 19.9 Å². The molecule has 10 atom stereocenters. The van der Waals surface area contributed by atoms with Crippen molar-refractivity contribution in [2.45, 2.75) is 107 Å². The molecule has 2 aliphatic heterocycles. The molecule has 3 aliphatic rings. The summed E-state index contributed by atoms with van der Waals surface area (Å²) in [5.74, 6) is 10.8. The van der Waals surface area contributed by atoms with Crippen LogP contribution in [0.2, 0.25) is 0 Å². The molecular weight excluding hydrogens is 1010 g/mol. The lowest BCUT2D eigenvalue weighted by atomic mass is 9.82. The Labute approximate surface area is 432 Å². The molecule has 386 valence electrons. The molecule has 1 amide bonds. The van der Waals surface area contributed by atoms with Crippen LogP contribution in [0.3, 0.4) is 0 Å². The number of aromatic amines is 1. The first-order chi connectivity index (χ1) is 34.4. The third-order valence-corrected chi connectivity index (χ3v) is 15.2. The van der Waals surface area contributed by atoms with E-state index in [-0.39, 0.29) is 66.6 Å². The Hall–Kier alpha value is -4.95. The number of Topliss-reactive ketones (excluding diaryl/α,β-unsaturated/α-hetero) is 2. The van der Waals surface area contributed by atoms with Crippen molar-refractivity contribution in [1.29, 1.82) is 0 Å². The number of fused-ring (bicyclic) bond motifs is 3. The second-order valence-electron chi connectivity index (χ2n) is 17.3. The number of azide groups is 1. The molecule has 1 aliphatic carbocycles. The minimum atomic E-state index is -2.05. The lowest BCUT2D eigenvalue weighted by Crippen LogP contribution is -2.68. The number of H-pyrrole nitrogens is 1. The molecule has 23 heteroatoms. The van der Waals surface area contributed by atoms with Crippen molar-refractivity contribution in [2.24, 2.45) is 5.11 Å². The number of nitrogens with one attached hydrogen (secondary N) is 3. The maximum absolute atomic E-state index is 15.5. The number of benzene rings is 1. The van der Waals surface area contributed by atoms with E-state index in [4.69, 9.17) is 61.1 Å². The number of hydrogen-bond donors (Lipinski definition) is 5. The van der Waals surface area contributed by atoms with Crippen LogP contribution in [-0.2, 0) is 62.7 Å². The van der Waals surface area contributed by atoms with Gasteiger partial charge in [0.25, 0.3) is 0 Å². The smallest absolute Gasteiger partial charge is 0.411 e. The first-order valence-electron chi connectivity index (χ1n) is 22.9. The summed E-state index contributed by atoms with van der Waals surface area (Å²) in [5.41, 5.74) is 9.59. The van der Waals surface area contributed by atoms with Crippen LogP contribution >= 0.6 is 11.8 Å². The third kappa shape index (κ3) is 13.0. The summed E-state index contributed by atoms with van der Waals surface area (Å²) in [4.78, 5) is 53.0. The number of hydrogen-bond acceptors (Lipinski definition) is 18. The molecule has 0 spiro atoms. The Morgan fingerprint density at radius 2 is 1.96 bits per heavy atom. The number of ketones is 2. The number of ether oxygens (including phenoxy) is 7. The maximum Gasteiger partial charge on any atom is 0.411 e. The molecule has 0 radical (unpaired) electrons. The fourth-order valence-corrected chi connectivity index (χ4v) is 10.8. The molecule has 8 unspecified atom stereocenters. The molecule has 1 aromatic carbocycles. The van der Waals surface area contributed by atoms with Crippen molar-refractivity contribution in [3.8, 4) is 29.4 Å². The highest BCUT2D eigenvalue weighted by Crippen LogP contribution is 2.46. The Morgan fingerprint density at radius 1 is 1.19 bits per heavy atom. The molecule has 0 saturated carbocycles. The minimum Gasteiger partial charge on any atom is -0.493 e. The van der Waals surface area contributed by atoms with E-state index in [2.05, 4.69) is 54.3 Å². The zero-order chi connectivity index (χ0) is 52.3. The fourth-order valence-electron chi connectivity index (χ4n) is 8.83. The van der Waals surface area contributed by atoms with Crippen LogP contribution in [-0.4, -0.2) is 156 Å². The SMILES string of the molecule is CC#C/C=C\C#C[C@H](OC1OC(C)C(SC)(C(=O)c2nccc3c2[nH]c2ccc(OCCN=[N+]=[N-])cc23)C(O)C1OC1CC(OC)C(NC(C)C)CO1)C1=C(NC(=O)OC)C(=O)C[C@H](O)/C1=C/CS(C)(=S)=S. The highest BCUT2D eigenvalue weighted by atomic mass is 33.1. The van der Waals surface area contributed by atoms with E-state index >= 15 is 4.79 Å². The molecule has 3 aromatic rings. The number of allylic oxidation sites excluding steroid dienone is 3. The molecule has 0 bridgehead atoms. The number of pyridine rings is 1. The van der Waals surface area contributed by atoms with Gasteiger partial charge in [-0.05, 0) is 96.3 Å². The number of methoxy groups -OCH3 is 2. The van der Waals surface area contributed by atoms with Crippen molar-refractivity contribution in [1.82, 2.24) is 20.6 Å². The van der Waals surface area contributed by atoms with Gasteiger partial charge in [-0.25, -0.2) is 4.79 Å². The standard InChI is InChI=1S/C49H59N7O12S4/c1-9-10-11-12-13-14-37(40-31(18-22-72(8,69)70)35(57)24-36(58)42(40)55-48(61)63-6)67-47-44(68-39-25-38(62-5)34(26-65-39)53-27(2)3)46(60)49(71-7,28(4)66-47)45(59)43-41-30(17-19-51-43)32-23-29(15-16-33(32)54-41)64-21-20-52-56-50/h11-12,15-19,23,27-28,34-35,37-39,44,46-47,53-54,57,60H,20-22,24-26H2,1-8H3,(H,55,61)/b12-11-,31-18-/t28?,34?,35-,37-,38?,39?,44?,46?,47?,49?/m0/s1. The van der Waals surface area contributed by atoms with Gasteiger partial charge >= 0.3 is 6.09 Å². The maximum atomic E-state index is 15.5. The Bertz CT molecular complexity index is 2900. The van der Waals surface area contributed by atoms with Gasteiger partial charge < -0.3 is 53.7 Å². The number of aliphatic hydroxyl groups excluding tert-OH is 2. The van der Waals surface area contributed by atoms with Crippen molar-refractivity contribution in [3.05, 3.63) is 81.7 Å². The van der Waals surface area contributed by atoms with Gasteiger partial charge in [0.05, 0.1) is 62.4 Å². The van der Waals surface area contributed by atoms with E-state index < -0.39 is 85.2 Å². The van der Waals surface area contributed by atoms with Gasteiger partial charge in [0.15, 0.2) is 18.4 Å². The summed E-state index contributed by atoms with van der Waals surface area (Å²) in [5, 5.41) is 35.5. The monoisotopic (exact) mass is 1070 g/mol. The largest absolute Gasteiger partial charge is 0.493 e. The van der Waals surface area contributed by atoms with Crippen LogP contribution in [0.1, 0.15) is 51.0 Å². The first-order valence-corrected chi connectivity index (χ1v) is 28.1. The molecule has 2 saturated heterocycles. The van der Waals surface area contributed by atoms with Crippen LogP contribution in [0.4, 0.5) is 4.79 Å². The molecule has 72 heavy (non-hydrogen) atoms. The molecule has 6 rings (SSSR count). The predicted octanol–water partition coefficient (Wildman–Crippen LogP) is 4.85. The number of thioether (sulfide) groups is 1. The first kappa shape index (κ1) is 56.3. The molecule has 5 N–H and O–H groups in total. The Kier molecular flexibility index (Phi) is 19.8. The van der Waals surface area contributed by atoms with Crippen molar-refractivity contribution < 1.29 is 57.8 Å². The lowest BCUT2D eigenvalue weighted by Gasteiger charge is -2.51. The number of nitrogens with zero attached hydrogens (tertiary/aromatic N) is 4. The number of alkyl carbamates (subject to hydrolysis) is 1. The van der Waals surface area contributed by atoms with E-state index in [1.807, 2.05) is 13.8 Å². The van der Waals surface area contributed by atoms with Crippen molar-refractivity contribution in [2.75, 3.05) is 52.2 Å². The van der Waals surface area contributed by atoms with Crippen LogP contribution in [0.15, 0.2) is 70.6 Å². The second-order valence-corrected chi connectivity index (χ2v) is 25.6. The Morgan fingerprint density at radius 3 is 2.64 bits per heavy atom. The van der Waals surface area contributed by atoms with Crippen LogP contribution in [0, 0.1) is 23.7 Å². The van der Waals surface area contributed by atoms with E-state index in [1.165, 1.54) is 18.3 Å². The summed E-state index contributed by atoms with van der Waals surface area (Å²) in [6, 6.07) is 6.98. The van der Waals surface area contributed by atoms with Gasteiger partial charge in [0, 0.05) is 64.7 Å². The van der Waals surface area contributed by atoms with Gasteiger partial charge in [-0.2, -0.15) is 0 Å². The van der Waals surface area contributed by atoms with Gasteiger partial charge in [0.1, 0.15) is 34.5 Å². The topological polar surface area (TPSA) is 258 Å². The number of carbonyl (C=O) groups is 3. The quantitative estimate of drug-likeness (QED) is 0.0285. The second kappa shape index (κ2) is 25.3. The number of aromatic nitrogens is 2. The molecule has 2 fully saturated rings. The average Bonchev–Trinajstić information content (AvgIpc) is 3.72. The summed E-state index contributed by atoms with van der Waals surface area (Å²) >= 11 is 12.2. The van der Waals surface area contributed by atoms with E-state index in [0.29, 0.717) is 22.2 Å². The normalized spacial score (nSPS) is 26.7. The van der Waals surface area contributed by atoms with E-state index in [0.717, 1.165) is 24.3 Å². The molecule has 2 aromatic heterocycles. The average molecular weight is 1070 g/mol. The highest BCUT2D eigenvalue weighted by Gasteiger charge is 2.61. The van der Waals surface area contributed by atoms with Crippen LogP contribution in [0.25, 0.3) is 32.2 Å². The number of rotatable bonds is 18. The summed E-state index contributed by atoms with van der Waals surface area (Å²) < 4.78 is 41.4. The number of amides is 1. The van der Waals surface area contributed by atoms with Gasteiger partial charge in [0.2, 0.25) is 5.78 Å². The predicted molar refractivity (Wildman–Crippen MR) is 281 cm³/mol. The summed E-state index contributed by atoms with van der Waals surface area (Å²) in [6.07, 6.45) is -2.20. The zero-order valence-corrected chi connectivity index (χ0v) is 44.3. The molecular formula is C49H59N7O12S4. The fraction of sp³-hybridized carbons (Fsp3) is 0.510. The molecule has 19 nitrogen and oxygen atoms in total. The molecule has 4 heterocycles. The lowest BCUT2D eigenvalue weighted by molar-refractivity contribution is -0.323. The third-order valence-electron chi connectivity index (χ3n) is 12.1. The van der Waals surface area contributed by atoms with Crippen LogP contribution in [0.5, 0.6) is 5.75 Å². The van der Waals surface area contributed by atoms with Crippen molar-refractivity contribution >= 4 is 80.8 Å². The minimum absolute atomic E-state index is 0.00365. The van der Waals surface area contributed by atoms with Gasteiger partial charge in [-0.1, -0.05) is 49.9 Å². The number of carbonyl (C=O) groups excluding carboxylic acids is 3. The van der Waals surface area contributed by atoms with E-state index in [1.54, 1.807) is 63.8 Å².